The molecule has 0 saturated carbocycles. The van der Waals surface area contributed by atoms with Gasteiger partial charge in [0.15, 0.2) is 0 Å². The van der Waals surface area contributed by atoms with E-state index in [-0.39, 0.29) is 10.8 Å². The fourth-order valence-electron chi connectivity index (χ4n) is 1.52. The molecule has 0 aromatic heterocycles. The van der Waals surface area contributed by atoms with Gasteiger partial charge in [-0.3, -0.25) is 0 Å². The van der Waals surface area contributed by atoms with Crippen molar-refractivity contribution < 1.29 is 5.21 Å². The molecule has 1 aliphatic carbocycles. The van der Waals surface area contributed by atoms with Crippen molar-refractivity contribution in [1.29, 1.82) is 0 Å². The Kier molecular flexibility index (Phi) is 2.84. The predicted molar refractivity (Wildman–Crippen MR) is 59.7 cm³/mol. The topological polar surface area (TPSA) is 32.6 Å². The van der Waals surface area contributed by atoms with Gasteiger partial charge in [-0.1, -0.05) is 45.9 Å². The second-order valence-corrected chi connectivity index (χ2v) is 5.15. The lowest BCUT2D eigenvalue weighted by Crippen LogP contribution is -2.19. The molecule has 0 aromatic carbocycles. The molecule has 1 aliphatic rings. The number of hydrogen-bond donors (Lipinski definition) is 1. The van der Waals surface area contributed by atoms with Crippen LogP contribution in [0.25, 0.3) is 0 Å². The third-order valence-electron chi connectivity index (χ3n) is 2.69. The number of allylic oxidation sites excluding steroid dienone is 4. The molecule has 0 unspecified atom stereocenters. The van der Waals surface area contributed by atoms with E-state index in [0.29, 0.717) is 0 Å². The van der Waals surface area contributed by atoms with Gasteiger partial charge in [-0.2, -0.15) is 0 Å². The predicted octanol–water partition coefficient (Wildman–Crippen LogP) is 3.39. The molecule has 0 heterocycles. The Morgan fingerprint density at radius 3 is 2.57 bits per heavy atom. The van der Waals surface area contributed by atoms with Gasteiger partial charge in [0.05, 0.1) is 6.21 Å². The first kappa shape index (κ1) is 11.0. The summed E-state index contributed by atoms with van der Waals surface area (Å²) in [6.45, 7) is 8.51. The molecule has 2 nitrogen and oxygen atoms in total. The van der Waals surface area contributed by atoms with E-state index >= 15 is 0 Å². The van der Waals surface area contributed by atoms with E-state index in [1.165, 1.54) is 5.57 Å². The van der Waals surface area contributed by atoms with Gasteiger partial charge >= 0.3 is 0 Å². The summed E-state index contributed by atoms with van der Waals surface area (Å²) in [4.78, 5) is 0. The first-order valence-electron chi connectivity index (χ1n) is 4.96. The second-order valence-electron chi connectivity index (χ2n) is 5.15. The summed E-state index contributed by atoms with van der Waals surface area (Å²) >= 11 is 0. The fraction of sp³-hybridized carbons (Fsp3) is 0.583. The molecule has 14 heavy (non-hydrogen) atoms. The van der Waals surface area contributed by atoms with E-state index in [1.807, 2.05) is 13.8 Å². The fourth-order valence-corrected chi connectivity index (χ4v) is 1.52. The molecule has 2 heteroatoms. The van der Waals surface area contributed by atoms with Crippen LogP contribution < -0.4 is 0 Å². The summed E-state index contributed by atoms with van der Waals surface area (Å²) < 4.78 is 0. The average molecular weight is 193 g/mol. The van der Waals surface area contributed by atoms with Crippen LogP contribution in [-0.4, -0.2) is 11.4 Å². The van der Waals surface area contributed by atoms with Gasteiger partial charge in [0.1, 0.15) is 0 Å². The molecule has 1 rings (SSSR count). The lowest BCUT2D eigenvalue weighted by atomic mass is 9.76. The number of rotatable bonds is 2. The van der Waals surface area contributed by atoms with E-state index < -0.39 is 0 Å². The second kappa shape index (κ2) is 3.60. The van der Waals surface area contributed by atoms with Gasteiger partial charge in [-0.25, -0.2) is 0 Å². The lowest BCUT2D eigenvalue weighted by Gasteiger charge is -2.28. The summed E-state index contributed by atoms with van der Waals surface area (Å²) in [5.41, 5.74) is 1.30. The van der Waals surface area contributed by atoms with E-state index in [2.05, 4.69) is 37.2 Å². The molecule has 0 spiro atoms. The van der Waals surface area contributed by atoms with Crippen LogP contribution in [0.3, 0.4) is 0 Å². The van der Waals surface area contributed by atoms with Crippen LogP contribution >= 0.6 is 0 Å². The molecule has 0 fully saturated rings. The van der Waals surface area contributed by atoms with Crippen molar-refractivity contribution in [2.45, 2.75) is 34.1 Å². The van der Waals surface area contributed by atoms with Crippen LogP contribution in [0.4, 0.5) is 0 Å². The molecule has 78 valence electrons. The Morgan fingerprint density at radius 2 is 2.14 bits per heavy atom. The monoisotopic (exact) mass is 193 g/mol. The van der Waals surface area contributed by atoms with E-state index in [9.17, 15) is 0 Å². The first-order chi connectivity index (χ1) is 6.37. The van der Waals surface area contributed by atoms with Crippen LogP contribution in [0.2, 0.25) is 0 Å². The quantitative estimate of drug-likeness (QED) is 0.407. The molecule has 0 saturated heterocycles. The van der Waals surface area contributed by atoms with Crippen LogP contribution in [0.15, 0.2) is 29.0 Å². The minimum absolute atomic E-state index is 0.179. The number of hydrogen-bond acceptors (Lipinski definition) is 2. The lowest BCUT2D eigenvalue weighted by molar-refractivity contribution is 0.316. The summed E-state index contributed by atoms with van der Waals surface area (Å²) in [5.74, 6) is 0. The highest BCUT2D eigenvalue weighted by Gasteiger charge is 2.24. The Hall–Kier alpha value is -1.05. The summed E-state index contributed by atoms with van der Waals surface area (Å²) in [5, 5.41) is 11.7. The zero-order chi connectivity index (χ0) is 10.8. The summed E-state index contributed by atoms with van der Waals surface area (Å²) in [6.07, 6.45) is 9.19. The highest BCUT2D eigenvalue weighted by atomic mass is 16.4. The molecule has 0 amide bonds. The number of nitrogens with zero attached hydrogens (tertiary/aromatic N) is 1. The van der Waals surface area contributed by atoms with Gasteiger partial charge in [-0.15, -0.1) is 5.16 Å². The maximum atomic E-state index is 8.55. The largest absolute Gasteiger partial charge is 0.411 e. The average Bonchev–Trinajstić information content (AvgIpc) is 2.03. The zero-order valence-electron chi connectivity index (χ0n) is 9.41. The van der Waals surface area contributed by atoms with Crippen LogP contribution in [-0.2, 0) is 0 Å². The smallest absolute Gasteiger partial charge is 0.0535 e. The Morgan fingerprint density at radius 1 is 1.50 bits per heavy atom. The van der Waals surface area contributed by atoms with Crippen molar-refractivity contribution in [1.82, 2.24) is 0 Å². The highest BCUT2D eigenvalue weighted by Crippen LogP contribution is 2.34. The van der Waals surface area contributed by atoms with Crippen LogP contribution in [0, 0.1) is 10.8 Å². The van der Waals surface area contributed by atoms with Crippen LogP contribution in [0.1, 0.15) is 34.1 Å². The Balaban J connectivity index is 2.84. The third kappa shape index (κ3) is 2.47. The minimum atomic E-state index is -0.179. The standard InChI is InChI=1S/C12H19NO/c1-11(2)7-5-10(6-8-11)12(3,4)9-13-14/h5-7,9,14H,8H2,1-4H3/b13-9+. The SMILES string of the molecule is CC1(C)C=CC(C(C)(C)/C=N/O)=CC1. The van der Waals surface area contributed by atoms with Gasteiger partial charge in [0.2, 0.25) is 0 Å². The molecular weight excluding hydrogens is 174 g/mol. The maximum absolute atomic E-state index is 8.55. The van der Waals surface area contributed by atoms with Crippen molar-refractivity contribution in [2.75, 3.05) is 0 Å². The van der Waals surface area contributed by atoms with Crippen molar-refractivity contribution in [3.05, 3.63) is 23.8 Å². The third-order valence-corrected chi connectivity index (χ3v) is 2.69. The van der Waals surface area contributed by atoms with Crippen LogP contribution in [0.5, 0.6) is 0 Å². The highest BCUT2D eigenvalue weighted by molar-refractivity contribution is 5.70. The van der Waals surface area contributed by atoms with Gasteiger partial charge in [0.25, 0.3) is 0 Å². The summed E-state index contributed by atoms with van der Waals surface area (Å²) in [7, 11) is 0. The first-order valence-corrected chi connectivity index (χ1v) is 4.96. The molecule has 0 radical (unpaired) electrons. The Bertz CT molecular complexity index is 295. The van der Waals surface area contributed by atoms with Gasteiger partial charge in [0, 0.05) is 5.41 Å². The number of oxime groups is 1. The molecule has 0 bridgehead atoms. The van der Waals surface area contributed by atoms with E-state index in [1.54, 1.807) is 6.21 Å². The van der Waals surface area contributed by atoms with Gasteiger partial charge in [-0.05, 0) is 17.4 Å². The van der Waals surface area contributed by atoms with Crippen molar-refractivity contribution >= 4 is 6.21 Å². The molecular formula is C12H19NO. The van der Waals surface area contributed by atoms with E-state index in [0.717, 1.165) is 6.42 Å². The maximum Gasteiger partial charge on any atom is 0.0535 e. The van der Waals surface area contributed by atoms with Gasteiger partial charge < -0.3 is 5.21 Å². The minimum Gasteiger partial charge on any atom is -0.411 e. The molecule has 1 N–H and O–H groups in total. The van der Waals surface area contributed by atoms with E-state index in [4.69, 9.17) is 5.21 Å². The molecule has 0 aliphatic heterocycles. The summed E-state index contributed by atoms with van der Waals surface area (Å²) in [6, 6.07) is 0. The Labute approximate surface area is 86.0 Å². The van der Waals surface area contributed by atoms with Crippen molar-refractivity contribution in [3.63, 3.8) is 0 Å². The van der Waals surface area contributed by atoms with Crippen molar-refractivity contribution in [3.8, 4) is 0 Å². The zero-order valence-corrected chi connectivity index (χ0v) is 9.41. The van der Waals surface area contributed by atoms with Crippen molar-refractivity contribution in [2.24, 2.45) is 16.0 Å². The molecule has 0 atom stereocenters. The normalized spacial score (nSPS) is 21.3. The molecule has 0 aromatic rings.